The summed E-state index contributed by atoms with van der Waals surface area (Å²) in [7, 11) is 6.74. The number of Topliss-reactive ketones (excluding diaryl/α,β-unsaturated/α-hetero) is 2. The van der Waals surface area contributed by atoms with Crippen molar-refractivity contribution in [2.45, 2.75) is 37.3 Å². The van der Waals surface area contributed by atoms with Gasteiger partial charge in [0.15, 0.2) is 11.4 Å². The maximum Gasteiger partial charge on any atom is 0.255 e. The van der Waals surface area contributed by atoms with Crippen LogP contribution in [0.2, 0.25) is 0 Å². The minimum atomic E-state index is -2.69. The van der Waals surface area contributed by atoms with Gasteiger partial charge >= 0.3 is 0 Å². The Balaban J connectivity index is 1.66. The average molecular weight is 580 g/mol. The summed E-state index contributed by atoms with van der Waals surface area (Å²) in [5.41, 5.74) is 4.32. The predicted molar refractivity (Wildman–Crippen MR) is 152 cm³/mol. The van der Waals surface area contributed by atoms with Crippen molar-refractivity contribution >= 4 is 28.9 Å². The summed E-state index contributed by atoms with van der Waals surface area (Å²) in [6.45, 7) is 0. The van der Waals surface area contributed by atoms with E-state index in [4.69, 9.17) is 5.73 Å². The fourth-order valence-corrected chi connectivity index (χ4v) is 6.87. The zero-order valence-electron chi connectivity index (χ0n) is 23.8. The lowest BCUT2D eigenvalue weighted by Crippen LogP contribution is -2.65. The van der Waals surface area contributed by atoms with E-state index in [-0.39, 0.29) is 35.5 Å². The second kappa shape index (κ2) is 10.2. The number of phenols is 1. The molecule has 0 radical (unpaired) electrons. The van der Waals surface area contributed by atoms with E-state index in [1.54, 1.807) is 26.2 Å². The maximum absolute atomic E-state index is 14.1. The molecule has 0 aromatic heterocycles. The minimum Gasteiger partial charge on any atom is -0.508 e. The number of carbonyl (C=O) groups is 3. The normalized spacial score (nSPS) is 25.4. The van der Waals surface area contributed by atoms with Crippen molar-refractivity contribution in [2.75, 3.05) is 33.1 Å². The molecule has 3 aliphatic carbocycles. The monoisotopic (exact) mass is 579 g/mol. The van der Waals surface area contributed by atoms with Crippen LogP contribution in [0.1, 0.15) is 28.7 Å². The number of aromatic hydroxyl groups is 1. The number of hydrogen-bond acceptors (Lipinski definition) is 9. The number of carbonyl (C=O) groups excluding carboxylic acids is 3. The van der Waals surface area contributed by atoms with Crippen molar-refractivity contribution in [1.29, 1.82) is 0 Å². The molecule has 222 valence electrons. The van der Waals surface area contributed by atoms with Gasteiger partial charge in [-0.1, -0.05) is 12.1 Å². The van der Waals surface area contributed by atoms with Crippen LogP contribution in [0.3, 0.4) is 0 Å². The van der Waals surface area contributed by atoms with E-state index in [0.717, 1.165) is 5.56 Å². The Morgan fingerprint density at radius 1 is 1.07 bits per heavy atom. The average Bonchev–Trinajstić information content (AvgIpc) is 2.90. The number of fused-ring (bicyclic) bond motifs is 3. The number of aryl methyl sites for hydroxylation is 2. The van der Waals surface area contributed by atoms with Gasteiger partial charge in [0.2, 0.25) is 5.78 Å². The number of aliphatic hydroxyl groups is 3. The highest BCUT2D eigenvalue weighted by molar-refractivity contribution is 6.24. The number of phenolic OH excluding ortho intramolecular Hbond substituents is 1. The molecule has 10 nitrogen and oxygen atoms in total. The summed E-state index contributed by atoms with van der Waals surface area (Å²) in [5.74, 6) is -7.16. The molecule has 2 aromatic rings. The number of likely N-dealkylation sites (N-methyl/N-ethyl adjacent to an activating group) is 1. The SMILES string of the molecule is CN(C)c1cc(CCc2ccc(F)cc2)c(O)c2c1CC1CC3[C@H](N(C)C)C(=O)C(C(N)=O)=C(O)[C@@]3(O)C(=O)C1=C2O. The number of nitrogens with two attached hydrogens (primary N) is 1. The van der Waals surface area contributed by atoms with Gasteiger partial charge in [0.1, 0.15) is 28.7 Å². The molecule has 0 heterocycles. The molecular formula is C31H34FN3O7. The van der Waals surface area contributed by atoms with E-state index in [2.05, 4.69) is 0 Å². The summed E-state index contributed by atoms with van der Waals surface area (Å²) >= 11 is 0. The largest absolute Gasteiger partial charge is 0.508 e. The molecular weight excluding hydrogens is 545 g/mol. The summed E-state index contributed by atoms with van der Waals surface area (Å²) < 4.78 is 13.4. The van der Waals surface area contributed by atoms with E-state index >= 15 is 0 Å². The van der Waals surface area contributed by atoms with Crippen LogP contribution in [0.25, 0.3) is 5.76 Å². The maximum atomic E-state index is 14.1. The van der Waals surface area contributed by atoms with Crippen LogP contribution >= 0.6 is 0 Å². The molecule has 42 heavy (non-hydrogen) atoms. The highest BCUT2D eigenvalue weighted by Crippen LogP contribution is 2.54. The molecule has 2 aromatic carbocycles. The number of halogens is 1. The molecule has 6 N–H and O–H groups in total. The van der Waals surface area contributed by atoms with Crippen molar-refractivity contribution in [3.8, 4) is 5.75 Å². The molecule has 2 unspecified atom stereocenters. The van der Waals surface area contributed by atoms with E-state index in [0.29, 0.717) is 29.7 Å². The number of nitrogens with zero attached hydrogens (tertiary/aromatic N) is 2. The summed E-state index contributed by atoms with van der Waals surface area (Å²) in [6, 6.07) is 6.67. The number of primary amides is 1. The van der Waals surface area contributed by atoms with Crippen LogP contribution in [-0.2, 0) is 33.6 Å². The fourth-order valence-electron chi connectivity index (χ4n) is 6.87. The highest BCUT2D eigenvalue weighted by Gasteiger charge is 2.64. The van der Waals surface area contributed by atoms with Crippen molar-refractivity contribution in [2.24, 2.45) is 17.6 Å². The third kappa shape index (κ3) is 4.26. The number of aliphatic hydroxyl groups excluding tert-OH is 2. The second-order valence-corrected chi connectivity index (χ2v) is 11.7. The lowest BCUT2D eigenvalue weighted by atomic mass is 9.57. The molecule has 0 saturated heterocycles. The zero-order valence-corrected chi connectivity index (χ0v) is 23.8. The molecule has 4 atom stereocenters. The van der Waals surface area contributed by atoms with E-state index in [1.807, 2.05) is 25.1 Å². The van der Waals surface area contributed by atoms with Crippen molar-refractivity contribution in [1.82, 2.24) is 4.90 Å². The fraction of sp³-hybridized carbons (Fsp3) is 0.387. The Morgan fingerprint density at radius 2 is 1.71 bits per heavy atom. The summed E-state index contributed by atoms with van der Waals surface area (Å²) in [5, 5.41) is 45.8. The first kappa shape index (κ1) is 29.3. The third-order valence-electron chi connectivity index (χ3n) is 8.85. The number of hydrogen-bond donors (Lipinski definition) is 5. The molecule has 0 bridgehead atoms. The van der Waals surface area contributed by atoms with Crippen molar-refractivity contribution in [3.05, 3.63) is 75.3 Å². The van der Waals surface area contributed by atoms with E-state index in [9.17, 15) is 39.2 Å². The Morgan fingerprint density at radius 3 is 2.29 bits per heavy atom. The molecule has 1 amide bonds. The van der Waals surface area contributed by atoms with Gasteiger partial charge < -0.3 is 31.1 Å². The molecule has 1 fully saturated rings. The van der Waals surface area contributed by atoms with Gasteiger partial charge in [0.25, 0.3) is 5.91 Å². The van der Waals surface area contributed by atoms with Gasteiger partial charge in [-0.2, -0.15) is 0 Å². The highest BCUT2D eigenvalue weighted by atomic mass is 19.1. The molecule has 11 heteroatoms. The smallest absolute Gasteiger partial charge is 0.255 e. The van der Waals surface area contributed by atoms with Crippen LogP contribution in [0.15, 0.2) is 47.2 Å². The number of amides is 1. The second-order valence-electron chi connectivity index (χ2n) is 11.7. The zero-order chi connectivity index (χ0) is 30.8. The first-order chi connectivity index (χ1) is 19.7. The molecule has 5 rings (SSSR count). The number of rotatable bonds is 6. The Labute approximate surface area is 242 Å². The van der Waals surface area contributed by atoms with Gasteiger partial charge in [-0.05, 0) is 80.6 Å². The first-order valence-corrected chi connectivity index (χ1v) is 13.6. The number of anilines is 1. The Bertz CT molecular complexity index is 1580. The first-order valence-electron chi connectivity index (χ1n) is 13.6. The standard InChI is InChI=1S/C31H34FN3O7/c1-34(2)20-13-15(8-5-14-6-9-17(32)10-7-14)25(36)22-18(20)11-16-12-19-24(35(3)4)27(38)23(30(33)41)29(40)31(19,42)28(39)21(16)26(22)37/h6-7,9-10,13,16,19,24,36-37,40,42H,5,8,11-12H2,1-4H3,(H2,33,41)/t16?,19?,24-,31-/m0/s1. The topological polar surface area (TPSA) is 165 Å². The van der Waals surface area contributed by atoms with Crippen LogP contribution in [0.4, 0.5) is 10.1 Å². The number of benzene rings is 2. The number of ketones is 2. The van der Waals surface area contributed by atoms with Gasteiger partial charge in [-0.25, -0.2) is 4.39 Å². The predicted octanol–water partition coefficient (Wildman–Crippen LogP) is 1.95. The Kier molecular flexibility index (Phi) is 7.14. The molecule has 1 saturated carbocycles. The summed E-state index contributed by atoms with van der Waals surface area (Å²) in [6.07, 6.45) is 1.03. The van der Waals surface area contributed by atoms with Gasteiger partial charge in [0.05, 0.1) is 11.6 Å². The third-order valence-corrected chi connectivity index (χ3v) is 8.85. The molecule has 0 aliphatic heterocycles. The van der Waals surface area contributed by atoms with Crippen LogP contribution < -0.4 is 10.6 Å². The lowest BCUT2D eigenvalue weighted by Gasteiger charge is -2.50. The molecule has 3 aliphatic rings. The van der Waals surface area contributed by atoms with Gasteiger partial charge in [-0.15, -0.1) is 0 Å². The van der Waals surface area contributed by atoms with Crippen LogP contribution in [0, 0.1) is 17.7 Å². The van der Waals surface area contributed by atoms with Gasteiger partial charge in [0, 0.05) is 31.3 Å². The Hall–Kier alpha value is -4.22. The lowest BCUT2D eigenvalue weighted by molar-refractivity contribution is -0.153. The quantitative estimate of drug-likeness (QED) is 0.322. The van der Waals surface area contributed by atoms with Crippen molar-refractivity contribution in [3.63, 3.8) is 0 Å². The molecule has 0 spiro atoms. The van der Waals surface area contributed by atoms with E-state index in [1.165, 1.54) is 17.0 Å². The minimum absolute atomic E-state index is 0.0196. The summed E-state index contributed by atoms with van der Waals surface area (Å²) in [4.78, 5) is 42.8. The van der Waals surface area contributed by atoms with Gasteiger partial charge in [-0.3, -0.25) is 19.3 Å². The van der Waals surface area contributed by atoms with E-state index < -0.39 is 58.0 Å². The van der Waals surface area contributed by atoms with Crippen molar-refractivity contribution < 1.29 is 39.2 Å². The van der Waals surface area contributed by atoms with Crippen LogP contribution in [0.5, 0.6) is 5.75 Å². The van der Waals surface area contributed by atoms with Crippen LogP contribution in [-0.4, -0.2) is 82.6 Å².